The fourth-order valence-electron chi connectivity index (χ4n) is 2.85. The first-order valence-corrected chi connectivity index (χ1v) is 10.4. The van der Waals surface area contributed by atoms with Gasteiger partial charge in [0.1, 0.15) is 16.8 Å². The molecule has 0 aliphatic heterocycles. The number of pyridine rings is 1. The van der Waals surface area contributed by atoms with Crippen molar-refractivity contribution in [2.45, 2.75) is 18.9 Å². The number of nitriles is 1. The Morgan fingerprint density at radius 1 is 1.31 bits per heavy atom. The summed E-state index contributed by atoms with van der Waals surface area (Å²) in [5.74, 6) is -0.806. The standard InChI is InChI=1S/C21H18N4O6S/c1-4-30-20(27)15-9-12(2)23-19(16(15)10-22)32-11-17(26)18-21(28)31-24-25(18)13-5-7-14(29-3)8-6-13/h5-9H,4,11H2,1-3H3/p+1. The van der Waals surface area contributed by atoms with Crippen LogP contribution in [0.4, 0.5) is 0 Å². The quantitative estimate of drug-likeness (QED) is 0.234. The molecule has 0 radical (unpaired) electrons. The highest BCUT2D eigenvalue weighted by molar-refractivity contribution is 8.00. The average molecular weight is 455 g/mol. The van der Waals surface area contributed by atoms with E-state index < -0.39 is 17.4 Å². The van der Waals surface area contributed by atoms with Gasteiger partial charge in [-0.15, -0.1) is 0 Å². The van der Waals surface area contributed by atoms with Crippen LogP contribution >= 0.6 is 11.8 Å². The van der Waals surface area contributed by atoms with E-state index >= 15 is 0 Å². The van der Waals surface area contributed by atoms with E-state index in [1.165, 1.54) is 17.9 Å². The van der Waals surface area contributed by atoms with Gasteiger partial charge in [0.25, 0.3) is 0 Å². The lowest BCUT2D eigenvalue weighted by Crippen LogP contribution is -2.41. The van der Waals surface area contributed by atoms with Crippen LogP contribution in [0.25, 0.3) is 5.69 Å². The van der Waals surface area contributed by atoms with E-state index in [2.05, 4.69) is 10.3 Å². The molecule has 0 bridgehead atoms. The molecule has 0 saturated heterocycles. The van der Waals surface area contributed by atoms with Crippen molar-refractivity contribution in [1.82, 2.24) is 10.3 Å². The first-order chi connectivity index (χ1) is 15.4. The molecule has 0 aliphatic carbocycles. The van der Waals surface area contributed by atoms with Gasteiger partial charge in [-0.3, -0.25) is 9.32 Å². The second-order valence-electron chi connectivity index (χ2n) is 6.40. The molecule has 1 aromatic carbocycles. The van der Waals surface area contributed by atoms with E-state index in [0.29, 0.717) is 17.1 Å². The number of nitrogens with zero attached hydrogens (tertiary/aromatic N) is 3. The fraction of sp³-hybridized carbons (Fsp3) is 0.238. The predicted octanol–water partition coefficient (Wildman–Crippen LogP) is 1.98. The molecule has 0 unspecified atom stereocenters. The van der Waals surface area contributed by atoms with Crippen molar-refractivity contribution in [2.75, 3.05) is 19.5 Å². The Labute approximate surface area is 186 Å². The van der Waals surface area contributed by atoms with Gasteiger partial charge in [-0.25, -0.2) is 14.6 Å². The van der Waals surface area contributed by atoms with E-state index in [1.807, 2.05) is 6.07 Å². The van der Waals surface area contributed by atoms with Gasteiger partial charge < -0.3 is 9.47 Å². The Morgan fingerprint density at radius 2 is 2.03 bits per heavy atom. The largest absolute Gasteiger partial charge is 0.497 e. The molecule has 2 heterocycles. The molecule has 1 N–H and O–H groups in total. The summed E-state index contributed by atoms with van der Waals surface area (Å²) in [7, 11) is 1.52. The maximum absolute atomic E-state index is 12.9. The fourth-order valence-corrected chi connectivity index (χ4v) is 3.77. The highest BCUT2D eigenvalue weighted by atomic mass is 32.2. The molecule has 32 heavy (non-hydrogen) atoms. The Hall–Kier alpha value is -3.91. The Morgan fingerprint density at radius 3 is 2.66 bits per heavy atom. The van der Waals surface area contributed by atoms with Crippen molar-refractivity contribution in [3.63, 3.8) is 0 Å². The number of hydrogen-bond acceptors (Lipinski definition) is 9. The van der Waals surface area contributed by atoms with Gasteiger partial charge in [-0.1, -0.05) is 11.8 Å². The summed E-state index contributed by atoms with van der Waals surface area (Å²) in [4.78, 5) is 41.5. The molecule has 11 heteroatoms. The van der Waals surface area contributed by atoms with Crippen LogP contribution in [-0.4, -0.2) is 41.5 Å². The van der Waals surface area contributed by atoms with Crippen LogP contribution in [-0.2, 0) is 4.74 Å². The summed E-state index contributed by atoms with van der Waals surface area (Å²) in [6, 6.07) is 10.0. The van der Waals surface area contributed by atoms with E-state index in [1.54, 1.807) is 38.1 Å². The van der Waals surface area contributed by atoms with Gasteiger partial charge in [0.15, 0.2) is 0 Å². The van der Waals surface area contributed by atoms with Crippen molar-refractivity contribution in [2.24, 2.45) is 0 Å². The summed E-state index contributed by atoms with van der Waals surface area (Å²) >= 11 is 0.942. The van der Waals surface area contributed by atoms with Gasteiger partial charge in [0, 0.05) is 17.8 Å². The third kappa shape index (κ3) is 4.70. The van der Waals surface area contributed by atoms with E-state index in [0.717, 1.165) is 11.8 Å². The number of esters is 1. The summed E-state index contributed by atoms with van der Waals surface area (Å²) in [5.41, 5.74) is -0.00419. The Kier molecular flexibility index (Phi) is 7.07. The molecule has 3 rings (SSSR count). The van der Waals surface area contributed by atoms with Crippen molar-refractivity contribution >= 4 is 23.5 Å². The molecular weight excluding hydrogens is 436 g/mol. The number of carbonyl (C=O) groups excluding carboxylic acids is 2. The molecule has 0 amide bonds. The third-order valence-electron chi connectivity index (χ3n) is 4.30. The lowest BCUT2D eigenvalue weighted by atomic mass is 10.1. The number of ether oxygens (including phenoxy) is 2. The van der Waals surface area contributed by atoms with Crippen molar-refractivity contribution in [1.29, 1.82) is 5.26 Å². The number of benzene rings is 1. The number of aryl methyl sites for hydroxylation is 1. The Bertz CT molecular complexity index is 1260. The van der Waals surface area contributed by atoms with Crippen LogP contribution in [0, 0.1) is 18.3 Å². The second-order valence-corrected chi connectivity index (χ2v) is 7.36. The zero-order valence-electron chi connectivity index (χ0n) is 17.5. The van der Waals surface area contributed by atoms with Crippen LogP contribution in [0.1, 0.15) is 39.0 Å². The monoisotopic (exact) mass is 455 g/mol. The molecule has 0 fully saturated rings. The SMILES string of the molecule is CCOC(=O)c1cc(C)nc(SCC(=O)c2c(=O)o[nH][n+]2-c2ccc(OC)cc2)c1C#N. The number of aromatic amines is 1. The van der Waals surface area contributed by atoms with Crippen LogP contribution in [0.5, 0.6) is 5.75 Å². The van der Waals surface area contributed by atoms with E-state index in [-0.39, 0.29) is 34.2 Å². The molecule has 10 nitrogen and oxygen atoms in total. The lowest BCUT2D eigenvalue weighted by molar-refractivity contribution is -0.672. The number of nitrogens with one attached hydrogen (secondary N) is 1. The van der Waals surface area contributed by atoms with Crippen molar-refractivity contribution in [3.05, 3.63) is 63.3 Å². The van der Waals surface area contributed by atoms with Gasteiger partial charge in [-0.05, 0) is 42.0 Å². The van der Waals surface area contributed by atoms with E-state index in [4.69, 9.17) is 14.0 Å². The van der Waals surface area contributed by atoms with E-state index in [9.17, 15) is 19.6 Å². The van der Waals surface area contributed by atoms with Crippen LogP contribution in [0.3, 0.4) is 0 Å². The molecule has 0 saturated carbocycles. The number of aromatic nitrogens is 3. The minimum absolute atomic E-state index is 0.0102. The van der Waals surface area contributed by atoms with Gasteiger partial charge in [-0.2, -0.15) is 5.26 Å². The molecule has 3 aromatic rings. The molecule has 0 spiro atoms. The summed E-state index contributed by atoms with van der Waals surface area (Å²) in [6.45, 7) is 3.47. The smallest absolute Gasteiger partial charge is 0.438 e. The number of carbonyl (C=O) groups is 2. The van der Waals surface area contributed by atoms with Crippen LogP contribution < -0.4 is 15.0 Å². The molecular formula is C21H19N4O6S+. The summed E-state index contributed by atoms with van der Waals surface area (Å²) in [6.07, 6.45) is 0. The first-order valence-electron chi connectivity index (χ1n) is 9.42. The number of thioether (sulfide) groups is 1. The van der Waals surface area contributed by atoms with Gasteiger partial charge in [0.05, 0.1) is 30.6 Å². The first kappa shape index (κ1) is 22.8. The average Bonchev–Trinajstić information content (AvgIpc) is 3.18. The molecule has 0 atom stereocenters. The second kappa shape index (κ2) is 9.93. The Balaban J connectivity index is 1.89. The number of hydrogen-bond donors (Lipinski definition) is 1. The molecule has 2 aromatic heterocycles. The lowest BCUT2D eigenvalue weighted by Gasteiger charge is -2.09. The van der Waals surface area contributed by atoms with Gasteiger partial charge in [0.2, 0.25) is 11.5 Å². The molecule has 0 aliphatic rings. The number of H-pyrrole nitrogens is 1. The zero-order valence-corrected chi connectivity index (χ0v) is 18.3. The minimum atomic E-state index is -0.837. The highest BCUT2D eigenvalue weighted by Crippen LogP contribution is 2.25. The summed E-state index contributed by atoms with van der Waals surface area (Å²) in [5, 5.41) is 12.2. The number of methoxy groups -OCH3 is 1. The van der Waals surface area contributed by atoms with Crippen LogP contribution in [0.15, 0.2) is 44.7 Å². The number of rotatable bonds is 8. The highest BCUT2D eigenvalue weighted by Gasteiger charge is 2.31. The molecule has 164 valence electrons. The third-order valence-corrected chi connectivity index (χ3v) is 5.28. The predicted molar refractivity (Wildman–Crippen MR) is 112 cm³/mol. The van der Waals surface area contributed by atoms with Crippen molar-refractivity contribution < 1.29 is 28.3 Å². The normalized spacial score (nSPS) is 10.4. The van der Waals surface area contributed by atoms with Crippen LogP contribution in [0.2, 0.25) is 0 Å². The minimum Gasteiger partial charge on any atom is -0.497 e. The zero-order chi connectivity index (χ0) is 23.3. The van der Waals surface area contributed by atoms with Gasteiger partial charge >= 0.3 is 17.3 Å². The topological polar surface area (TPSA) is 139 Å². The van der Waals surface area contributed by atoms with Crippen molar-refractivity contribution in [3.8, 4) is 17.5 Å². The number of ketones is 1. The number of Topliss-reactive ketones (excluding diaryl/α,β-unsaturated/α-hetero) is 1. The maximum atomic E-state index is 12.9. The summed E-state index contributed by atoms with van der Waals surface area (Å²) < 4.78 is 16.1. The maximum Gasteiger partial charge on any atom is 0.438 e.